The predicted molar refractivity (Wildman–Crippen MR) is 80.1 cm³/mol. The maximum Gasteiger partial charge on any atom is 0.335 e. The number of rotatable bonds is 5. The van der Waals surface area contributed by atoms with Crippen LogP contribution in [0.2, 0.25) is 0 Å². The Morgan fingerprint density at radius 3 is 2.18 bits per heavy atom. The van der Waals surface area contributed by atoms with Crippen LogP contribution in [0.5, 0.6) is 5.75 Å². The second-order valence-electron chi connectivity index (χ2n) is 4.40. The summed E-state index contributed by atoms with van der Waals surface area (Å²) in [6.07, 6.45) is 5.16. The lowest BCUT2D eigenvalue weighted by molar-refractivity contribution is 0.0696. The summed E-state index contributed by atoms with van der Waals surface area (Å²) in [4.78, 5) is 22.3. The van der Waals surface area contributed by atoms with Crippen molar-refractivity contribution >= 4 is 11.9 Å². The number of hydrogen-bond acceptors (Lipinski definition) is 3. The third-order valence-corrected chi connectivity index (χ3v) is 2.94. The van der Waals surface area contributed by atoms with Gasteiger partial charge in [0.05, 0.1) is 11.1 Å². The van der Waals surface area contributed by atoms with E-state index in [1.165, 1.54) is 12.1 Å². The molecular weight excluding hydrogens is 284 g/mol. The minimum atomic E-state index is -1.20. The molecule has 110 valence electrons. The summed E-state index contributed by atoms with van der Waals surface area (Å²) in [6.45, 7) is 0.0570. The van der Waals surface area contributed by atoms with E-state index >= 15 is 0 Å². The molecule has 2 N–H and O–H groups in total. The number of ether oxygens (including phenoxy) is 1. The Labute approximate surface area is 126 Å². The quantitative estimate of drug-likeness (QED) is 0.829. The fourth-order valence-electron chi connectivity index (χ4n) is 1.98. The Bertz CT molecular complexity index is 739. The average molecular weight is 296 g/mol. The van der Waals surface area contributed by atoms with Crippen LogP contribution in [0.1, 0.15) is 20.7 Å². The van der Waals surface area contributed by atoms with Crippen molar-refractivity contribution in [3.8, 4) is 29.2 Å². The standard InChI is InChI=1S/C17H12O5/c1-2-7-22-15-6-4-3-5-14(15)11-8-12(16(18)19)10-13(9-11)17(20)21/h1,3-6,8-10H,7H2,(H,18,19)(H,20,21). The van der Waals surface area contributed by atoms with Gasteiger partial charge >= 0.3 is 11.9 Å². The van der Waals surface area contributed by atoms with E-state index in [1.807, 2.05) is 0 Å². The number of hydrogen-bond donors (Lipinski definition) is 2. The summed E-state index contributed by atoms with van der Waals surface area (Å²) < 4.78 is 5.41. The normalized spacial score (nSPS) is 9.77. The van der Waals surface area contributed by atoms with Crippen molar-refractivity contribution in [2.24, 2.45) is 0 Å². The molecular formula is C17H12O5. The predicted octanol–water partition coefficient (Wildman–Crippen LogP) is 2.76. The number of benzene rings is 2. The Hall–Kier alpha value is -3.26. The van der Waals surface area contributed by atoms with Crippen LogP contribution in [0.25, 0.3) is 11.1 Å². The first-order chi connectivity index (χ1) is 10.5. The summed E-state index contributed by atoms with van der Waals surface area (Å²) in [5, 5.41) is 18.2. The van der Waals surface area contributed by atoms with Gasteiger partial charge in [0.2, 0.25) is 0 Å². The molecule has 0 unspecified atom stereocenters. The first-order valence-corrected chi connectivity index (χ1v) is 6.30. The number of aromatic carboxylic acids is 2. The molecule has 0 aliphatic heterocycles. The van der Waals surface area contributed by atoms with Gasteiger partial charge in [-0.15, -0.1) is 6.42 Å². The van der Waals surface area contributed by atoms with E-state index in [4.69, 9.17) is 21.4 Å². The van der Waals surface area contributed by atoms with Crippen LogP contribution in [-0.2, 0) is 0 Å². The molecule has 0 aliphatic rings. The summed E-state index contributed by atoms with van der Waals surface area (Å²) in [5.41, 5.74) is 0.788. The highest BCUT2D eigenvalue weighted by Crippen LogP contribution is 2.31. The van der Waals surface area contributed by atoms with E-state index < -0.39 is 11.9 Å². The van der Waals surface area contributed by atoms with Gasteiger partial charge in [-0.3, -0.25) is 0 Å². The molecule has 0 radical (unpaired) electrons. The van der Waals surface area contributed by atoms with E-state index in [2.05, 4.69) is 5.92 Å². The molecule has 22 heavy (non-hydrogen) atoms. The zero-order chi connectivity index (χ0) is 16.1. The third kappa shape index (κ3) is 3.25. The lowest BCUT2D eigenvalue weighted by atomic mass is 9.99. The minimum Gasteiger partial charge on any atom is -0.480 e. The Kier molecular flexibility index (Phi) is 4.44. The van der Waals surface area contributed by atoms with Crippen LogP contribution in [-0.4, -0.2) is 28.8 Å². The zero-order valence-electron chi connectivity index (χ0n) is 11.4. The zero-order valence-corrected chi connectivity index (χ0v) is 11.4. The molecule has 2 aromatic rings. The first kappa shape index (κ1) is 15.1. The van der Waals surface area contributed by atoms with Gasteiger partial charge in [0, 0.05) is 5.56 Å². The summed E-state index contributed by atoms with van der Waals surface area (Å²) in [5.74, 6) is 0.396. The SMILES string of the molecule is C#CCOc1ccccc1-c1cc(C(=O)O)cc(C(=O)O)c1. The molecule has 0 saturated carbocycles. The number of carboxylic acid groups (broad SMARTS) is 2. The Morgan fingerprint density at radius 2 is 1.64 bits per heavy atom. The molecule has 0 spiro atoms. The highest BCUT2D eigenvalue weighted by molar-refractivity contribution is 5.96. The van der Waals surface area contributed by atoms with Crippen LogP contribution in [0.3, 0.4) is 0 Å². The summed E-state index contributed by atoms with van der Waals surface area (Å²) in [6, 6.07) is 10.8. The highest BCUT2D eigenvalue weighted by Gasteiger charge is 2.14. The fourth-order valence-corrected chi connectivity index (χ4v) is 1.98. The van der Waals surface area contributed by atoms with Gasteiger partial charge in [0.15, 0.2) is 0 Å². The van der Waals surface area contributed by atoms with E-state index in [1.54, 1.807) is 24.3 Å². The molecule has 0 aliphatic carbocycles. The van der Waals surface area contributed by atoms with Crippen molar-refractivity contribution in [1.29, 1.82) is 0 Å². The van der Waals surface area contributed by atoms with Crippen LogP contribution in [0, 0.1) is 12.3 Å². The van der Waals surface area contributed by atoms with E-state index in [0.717, 1.165) is 6.07 Å². The van der Waals surface area contributed by atoms with Gasteiger partial charge in [-0.1, -0.05) is 24.1 Å². The van der Waals surface area contributed by atoms with E-state index in [-0.39, 0.29) is 17.7 Å². The number of para-hydroxylation sites is 1. The second-order valence-corrected chi connectivity index (χ2v) is 4.40. The molecule has 0 amide bonds. The van der Waals surface area contributed by atoms with Crippen molar-refractivity contribution in [1.82, 2.24) is 0 Å². The van der Waals surface area contributed by atoms with Crippen molar-refractivity contribution in [3.63, 3.8) is 0 Å². The second kappa shape index (κ2) is 6.46. The molecule has 0 saturated heterocycles. The fraction of sp³-hybridized carbons (Fsp3) is 0.0588. The lowest BCUT2D eigenvalue weighted by Gasteiger charge is -2.11. The van der Waals surface area contributed by atoms with Gasteiger partial charge < -0.3 is 14.9 Å². The van der Waals surface area contributed by atoms with Gasteiger partial charge in [-0.2, -0.15) is 0 Å². The summed E-state index contributed by atoms with van der Waals surface area (Å²) >= 11 is 0. The topological polar surface area (TPSA) is 83.8 Å². The molecule has 2 aromatic carbocycles. The maximum atomic E-state index is 11.2. The van der Waals surface area contributed by atoms with Crippen molar-refractivity contribution < 1.29 is 24.5 Å². The number of carboxylic acids is 2. The molecule has 0 heterocycles. The third-order valence-electron chi connectivity index (χ3n) is 2.94. The molecule has 0 bridgehead atoms. The van der Waals surface area contributed by atoms with E-state index in [9.17, 15) is 9.59 Å². The van der Waals surface area contributed by atoms with Gasteiger partial charge in [0.25, 0.3) is 0 Å². The maximum absolute atomic E-state index is 11.2. The van der Waals surface area contributed by atoms with Gasteiger partial charge in [-0.05, 0) is 29.8 Å². The van der Waals surface area contributed by atoms with Crippen LogP contribution >= 0.6 is 0 Å². The molecule has 0 fully saturated rings. The van der Waals surface area contributed by atoms with E-state index in [0.29, 0.717) is 16.9 Å². The molecule has 0 aromatic heterocycles. The number of terminal acetylenes is 1. The Balaban J connectivity index is 2.59. The molecule has 5 nitrogen and oxygen atoms in total. The monoisotopic (exact) mass is 296 g/mol. The molecule has 2 rings (SSSR count). The summed E-state index contributed by atoms with van der Waals surface area (Å²) in [7, 11) is 0. The smallest absolute Gasteiger partial charge is 0.335 e. The Morgan fingerprint density at radius 1 is 1.05 bits per heavy atom. The minimum absolute atomic E-state index is 0.0570. The van der Waals surface area contributed by atoms with Gasteiger partial charge in [-0.25, -0.2) is 9.59 Å². The molecule has 0 atom stereocenters. The van der Waals surface area contributed by atoms with Crippen molar-refractivity contribution in [2.45, 2.75) is 0 Å². The van der Waals surface area contributed by atoms with Crippen LogP contribution in [0.4, 0.5) is 0 Å². The lowest BCUT2D eigenvalue weighted by Crippen LogP contribution is -2.03. The highest BCUT2D eigenvalue weighted by atomic mass is 16.5. The van der Waals surface area contributed by atoms with Crippen molar-refractivity contribution in [2.75, 3.05) is 6.61 Å². The first-order valence-electron chi connectivity index (χ1n) is 6.30. The average Bonchev–Trinajstić information content (AvgIpc) is 2.52. The van der Waals surface area contributed by atoms with Gasteiger partial charge in [0.1, 0.15) is 12.4 Å². The molecule has 5 heteroatoms. The van der Waals surface area contributed by atoms with Crippen molar-refractivity contribution in [3.05, 3.63) is 53.6 Å². The van der Waals surface area contributed by atoms with Crippen LogP contribution < -0.4 is 4.74 Å². The van der Waals surface area contributed by atoms with Crippen LogP contribution in [0.15, 0.2) is 42.5 Å². The number of carbonyl (C=O) groups is 2. The largest absolute Gasteiger partial charge is 0.480 e.